The lowest BCUT2D eigenvalue weighted by molar-refractivity contribution is 0.0927. The Morgan fingerprint density at radius 2 is 1.52 bits per heavy atom. The third kappa shape index (κ3) is 2.68. The Labute approximate surface area is 144 Å². The van der Waals surface area contributed by atoms with E-state index in [1.807, 2.05) is 24.3 Å². The van der Waals surface area contributed by atoms with Crippen molar-refractivity contribution in [2.45, 2.75) is 6.92 Å². The molecule has 0 spiro atoms. The van der Waals surface area contributed by atoms with Crippen LogP contribution in [0.4, 0.5) is 0 Å². The number of benzene rings is 3. The Balaban J connectivity index is 1.81. The van der Waals surface area contributed by atoms with Gasteiger partial charge in [0.25, 0.3) is 0 Å². The highest BCUT2D eigenvalue weighted by Gasteiger charge is 2.10. The van der Waals surface area contributed by atoms with Crippen LogP contribution in [0.1, 0.15) is 21.7 Å². The molecule has 25 heavy (non-hydrogen) atoms. The number of furan rings is 1. The van der Waals surface area contributed by atoms with Crippen LogP contribution in [0.3, 0.4) is 0 Å². The highest BCUT2D eigenvalue weighted by atomic mass is 16.3. The lowest BCUT2D eigenvalue weighted by Crippen LogP contribution is -2.16. The van der Waals surface area contributed by atoms with Crippen molar-refractivity contribution in [1.82, 2.24) is 5.43 Å². The van der Waals surface area contributed by atoms with Crippen LogP contribution >= 0.6 is 0 Å². The molecule has 3 aromatic carbocycles. The van der Waals surface area contributed by atoms with Gasteiger partial charge in [-0.2, -0.15) is 5.10 Å². The molecule has 4 nitrogen and oxygen atoms in total. The predicted octanol–water partition coefficient (Wildman–Crippen LogP) is 4.66. The molecule has 0 saturated heterocycles. The first-order chi connectivity index (χ1) is 12.3. The SMILES string of the molecule is Cc1c2ccccc2c(C=NNC(=O)c2ccco2)c2ccccc12. The molecule has 1 amide bonds. The second-order valence-corrected chi connectivity index (χ2v) is 5.81. The minimum atomic E-state index is -0.373. The molecule has 1 N–H and O–H groups in total. The number of carbonyl (C=O) groups excluding carboxylic acids is 1. The first-order valence-corrected chi connectivity index (χ1v) is 8.02. The number of aryl methyl sites for hydroxylation is 1. The number of carbonyl (C=O) groups is 1. The van der Waals surface area contributed by atoms with E-state index >= 15 is 0 Å². The Morgan fingerprint density at radius 1 is 0.920 bits per heavy atom. The molecule has 0 saturated carbocycles. The van der Waals surface area contributed by atoms with Gasteiger partial charge in [-0.15, -0.1) is 0 Å². The van der Waals surface area contributed by atoms with E-state index in [4.69, 9.17) is 4.42 Å². The summed E-state index contributed by atoms with van der Waals surface area (Å²) in [6.07, 6.45) is 3.16. The van der Waals surface area contributed by atoms with Gasteiger partial charge in [0, 0.05) is 5.56 Å². The zero-order valence-electron chi connectivity index (χ0n) is 13.7. The summed E-state index contributed by atoms with van der Waals surface area (Å²) in [6.45, 7) is 2.13. The molecule has 0 radical (unpaired) electrons. The van der Waals surface area contributed by atoms with Crippen LogP contribution in [0.5, 0.6) is 0 Å². The summed E-state index contributed by atoms with van der Waals surface area (Å²) in [5, 5.41) is 8.72. The van der Waals surface area contributed by atoms with Crippen molar-refractivity contribution < 1.29 is 9.21 Å². The highest BCUT2D eigenvalue weighted by Crippen LogP contribution is 2.31. The maximum atomic E-state index is 12.0. The molecule has 0 atom stereocenters. The molecule has 0 aliphatic rings. The molecule has 0 bridgehead atoms. The molecular weight excluding hydrogens is 312 g/mol. The quantitative estimate of drug-likeness (QED) is 0.338. The third-order valence-corrected chi connectivity index (χ3v) is 4.35. The average Bonchev–Trinajstić information content (AvgIpc) is 3.19. The standard InChI is InChI=1S/C21H16N2O2/c1-14-15-7-2-4-9-17(15)19(18-10-5-3-8-16(14)18)13-22-23-21(24)20-11-6-12-25-20/h2-13H,1H3,(H,23,24). The van der Waals surface area contributed by atoms with Crippen molar-refractivity contribution in [3.8, 4) is 0 Å². The fraction of sp³-hybridized carbons (Fsp3) is 0.0476. The molecule has 1 heterocycles. The molecule has 0 aliphatic carbocycles. The van der Waals surface area contributed by atoms with Gasteiger partial charge in [0.2, 0.25) is 0 Å². The van der Waals surface area contributed by atoms with E-state index in [2.05, 4.69) is 41.7 Å². The van der Waals surface area contributed by atoms with Crippen molar-refractivity contribution in [3.05, 3.63) is 83.8 Å². The first-order valence-electron chi connectivity index (χ1n) is 8.02. The summed E-state index contributed by atoms with van der Waals surface area (Å²) in [4.78, 5) is 12.0. The normalized spacial score (nSPS) is 11.4. The average molecular weight is 328 g/mol. The van der Waals surface area contributed by atoms with E-state index in [0.717, 1.165) is 16.3 Å². The minimum absolute atomic E-state index is 0.232. The van der Waals surface area contributed by atoms with Crippen LogP contribution in [0, 0.1) is 6.92 Å². The van der Waals surface area contributed by atoms with Crippen molar-refractivity contribution in [2.75, 3.05) is 0 Å². The molecule has 0 unspecified atom stereocenters. The number of amides is 1. The monoisotopic (exact) mass is 328 g/mol. The Hall–Kier alpha value is -3.40. The Kier molecular flexibility index (Phi) is 3.78. The van der Waals surface area contributed by atoms with E-state index < -0.39 is 0 Å². The number of hydrazone groups is 1. The van der Waals surface area contributed by atoms with Crippen LogP contribution in [0.15, 0.2) is 76.4 Å². The maximum Gasteiger partial charge on any atom is 0.307 e. The molecular formula is C21H16N2O2. The number of nitrogens with one attached hydrogen (secondary N) is 1. The second kappa shape index (κ2) is 6.24. The Morgan fingerprint density at radius 3 is 2.08 bits per heavy atom. The lowest BCUT2D eigenvalue weighted by Gasteiger charge is -2.11. The number of rotatable bonds is 3. The molecule has 0 fully saturated rings. The van der Waals surface area contributed by atoms with Gasteiger partial charge in [-0.1, -0.05) is 48.5 Å². The number of nitrogens with zero attached hydrogens (tertiary/aromatic N) is 1. The third-order valence-electron chi connectivity index (χ3n) is 4.35. The summed E-state index contributed by atoms with van der Waals surface area (Å²) in [7, 11) is 0. The van der Waals surface area contributed by atoms with Crippen LogP contribution in [0.25, 0.3) is 21.5 Å². The number of hydrogen-bond acceptors (Lipinski definition) is 3. The fourth-order valence-corrected chi connectivity index (χ4v) is 3.14. The minimum Gasteiger partial charge on any atom is -0.459 e. The number of hydrogen-bond donors (Lipinski definition) is 1. The van der Waals surface area contributed by atoms with Crippen LogP contribution in [-0.4, -0.2) is 12.1 Å². The Bertz CT molecular complexity index is 1040. The van der Waals surface area contributed by atoms with Crippen molar-refractivity contribution >= 4 is 33.7 Å². The zero-order chi connectivity index (χ0) is 17.2. The van der Waals surface area contributed by atoms with Gasteiger partial charge >= 0.3 is 5.91 Å². The van der Waals surface area contributed by atoms with Crippen molar-refractivity contribution in [3.63, 3.8) is 0 Å². The molecule has 4 heteroatoms. The molecule has 4 aromatic rings. The van der Waals surface area contributed by atoms with Gasteiger partial charge in [-0.25, -0.2) is 5.43 Å². The largest absolute Gasteiger partial charge is 0.459 e. The van der Waals surface area contributed by atoms with Gasteiger partial charge in [0.15, 0.2) is 5.76 Å². The van der Waals surface area contributed by atoms with E-state index in [1.165, 1.54) is 22.6 Å². The first kappa shape index (κ1) is 15.1. The smallest absolute Gasteiger partial charge is 0.307 e. The van der Waals surface area contributed by atoms with E-state index in [0.29, 0.717) is 0 Å². The highest BCUT2D eigenvalue weighted by molar-refractivity contribution is 6.15. The van der Waals surface area contributed by atoms with Crippen molar-refractivity contribution in [2.24, 2.45) is 5.10 Å². The van der Waals surface area contributed by atoms with Gasteiger partial charge in [-0.3, -0.25) is 4.79 Å². The summed E-state index contributed by atoms with van der Waals surface area (Å²) in [5.74, 6) is -0.141. The summed E-state index contributed by atoms with van der Waals surface area (Å²) in [5.41, 5.74) is 4.74. The summed E-state index contributed by atoms with van der Waals surface area (Å²) in [6, 6.07) is 19.7. The predicted molar refractivity (Wildman–Crippen MR) is 100.0 cm³/mol. The number of fused-ring (bicyclic) bond motifs is 2. The van der Waals surface area contributed by atoms with Crippen molar-refractivity contribution in [1.29, 1.82) is 0 Å². The molecule has 4 rings (SSSR count). The van der Waals surface area contributed by atoms with Gasteiger partial charge < -0.3 is 4.42 Å². The lowest BCUT2D eigenvalue weighted by atomic mass is 9.93. The zero-order valence-corrected chi connectivity index (χ0v) is 13.7. The molecule has 0 aliphatic heterocycles. The van der Waals surface area contributed by atoms with Gasteiger partial charge in [0.1, 0.15) is 0 Å². The van der Waals surface area contributed by atoms with E-state index in [1.54, 1.807) is 18.3 Å². The van der Waals surface area contributed by atoms with Crippen LogP contribution < -0.4 is 5.43 Å². The topological polar surface area (TPSA) is 54.6 Å². The second-order valence-electron chi connectivity index (χ2n) is 5.81. The summed E-state index contributed by atoms with van der Waals surface area (Å²) >= 11 is 0. The van der Waals surface area contributed by atoms with E-state index in [9.17, 15) is 4.79 Å². The van der Waals surface area contributed by atoms with E-state index in [-0.39, 0.29) is 11.7 Å². The maximum absolute atomic E-state index is 12.0. The fourth-order valence-electron chi connectivity index (χ4n) is 3.14. The molecule has 1 aromatic heterocycles. The van der Waals surface area contributed by atoms with Gasteiger partial charge in [0.05, 0.1) is 12.5 Å². The van der Waals surface area contributed by atoms with Crippen LogP contribution in [0.2, 0.25) is 0 Å². The van der Waals surface area contributed by atoms with Gasteiger partial charge in [-0.05, 0) is 46.2 Å². The molecule has 122 valence electrons. The summed E-state index contributed by atoms with van der Waals surface area (Å²) < 4.78 is 5.07. The van der Waals surface area contributed by atoms with Crippen LogP contribution in [-0.2, 0) is 0 Å².